The van der Waals surface area contributed by atoms with Crippen molar-refractivity contribution in [1.29, 1.82) is 0 Å². The number of carbonyl (C=O) groups excluding carboxylic acids is 1. The van der Waals surface area contributed by atoms with Crippen LogP contribution in [-0.4, -0.2) is 32.1 Å². The van der Waals surface area contributed by atoms with Crippen molar-refractivity contribution in [3.63, 3.8) is 0 Å². The van der Waals surface area contributed by atoms with Crippen molar-refractivity contribution >= 4 is 17.4 Å². The molecule has 0 bridgehead atoms. The Morgan fingerprint density at radius 2 is 2.00 bits per heavy atom. The van der Waals surface area contributed by atoms with Gasteiger partial charge in [0.15, 0.2) is 0 Å². The molecule has 0 aliphatic carbocycles. The van der Waals surface area contributed by atoms with Gasteiger partial charge in [0.1, 0.15) is 6.54 Å². The second kappa shape index (κ2) is 5.20. The predicted octanol–water partition coefficient (Wildman–Crippen LogP) is 0.554. The summed E-state index contributed by atoms with van der Waals surface area (Å²) in [6, 6.07) is 10.9. The fourth-order valence-electron chi connectivity index (χ4n) is 1.99. The number of aromatic nitrogens is 4. The number of amides is 1. The highest BCUT2D eigenvalue weighted by molar-refractivity contribution is 5.92. The van der Waals surface area contributed by atoms with E-state index in [2.05, 4.69) is 10.1 Å². The minimum absolute atomic E-state index is 0.131. The zero-order valence-corrected chi connectivity index (χ0v) is 11.4. The molecule has 0 fully saturated rings. The lowest BCUT2D eigenvalue weighted by molar-refractivity contribution is -0.119. The molecule has 0 unspecified atom stereocenters. The molecule has 0 atom stereocenters. The Hall–Kier alpha value is -2.96. The van der Waals surface area contributed by atoms with Gasteiger partial charge in [-0.2, -0.15) is 0 Å². The maximum absolute atomic E-state index is 12.2. The molecule has 0 N–H and O–H groups in total. The zero-order valence-electron chi connectivity index (χ0n) is 11.4. The Morgan fingerprint density at radius 1 is 1.24 bits per heavy atom. The molecular weight excluding hydrogens is 270 g/mol. The summed E-state index contributed by atoms with van der Waals surface area (Å²) in [6.45, 7) is -0.131. The van der Waals surface area contributed by atoms with E-state index in [0.717, 1.165) is 10.4 Å². The lowest BCUT2D eigenvalue weighted by Gasteiger charge is -2.16. The zero-order chi connectivity index (χ0) is 14.8. The standard InChI is InChI=1S/C14H13N5O2/c1-17(11-6-3-2-4-7-11)12(20)10-19-14(21)18-9-5-8-15-13(18)16-19/h2-9H,10H2,1H3. The van der Waals surface area contributed by atoms with Gasteiger partial charge in [-0.05, 0) is 18.2 Å². The predicted molar refractivity (Wildman–Crippen MR) is 77.1 cm³/mol. The summed E-state index contributed by atoms with van der Waals surface area (Å²) in [5.41, 5.74) is 0.380. The Bertz CT molecular complexity index is 837. The highest BCUT2D eigenvalue weighted by Gasteiger charge is 2.15. The van der Waals surface area contributed by atoms with Gasteiger partial charge in [-0.3, -0.25) is 4.79 Å². The molecular formula is C14H13N5O2. The highest BCUT2D eigenvalue weighted by atomic mass is 16.2. The third-order valence-corrected chi connectivity index (χ3v) is 3.17. The number of para-hydroxylation sites is 1. The van der Waals surface area contributed by atoms with Gasteiger partial charge in [0.25, 0.3) is 5.78 Å². The van der Waals surface area contributed by atoms with E-state index in [4.69, 9.17) is 0 Å². The van der Waals surface area contributed by atoms with Gasteiger partial charge in [-0.1, -0.05) is 18.2 Å². The minimum Gasteiger partial charge on any atom is -0.314 e. The Morgan fingerprint density at radius 3 is 2.71 bits per heavy atom. The largest absolute Gasteiger partial charge is 0.352 e. The first-order valence-electron chi connectivity index (χ1n) is 6.38. The second-order valence-corrected chi connectivity index (χ2v) is 4.52. The van der Waals surface area contributed by atoms with E-state index >= 15 is 0 Å². The number of hydrogen-bond acceptors (Lipinski definition) is 4. The van der Waals surface area contributed by atoms with Crippen LogP contribution in [0.2, 0.25) is 0 Å². The maximum atomic E-state index is 12.2. The first-order valence-corrected chi connectivity index (χ1v) is 6.38. The summed E-state index contributed by atoms with van der Waals surface area (Å²) >= 11 is 0. The van der Waals surface area contributed by atoms with Crippen LogP contribution in [0.5, 0.6) is 0 Å². The summed E-state index contributed by atoms with van der Waals surface area (Å²) in [4.78, 5) is 29.8. The number of rotatable bonds is 3. The van der Waals surface area contributed by atoms with Crippen molar-refractivity contribution < 1.29 is 4.79 Å². The van der Waals surface area contributed by atoms with Crippen molar-refractivity contribution in [1.82, 2.24) is 19.2 Å². The minimum atomic E-state index is -0.382. The monoisotopic (exact) mass is 283 g/mol. The van der Waals surface area contributed by atoms with Crippen molar-refractivity contribution in [2.75, 3.05) is 11.9 Å². The van der Waals surface area contributed by atoms with Gasteiger partial charge in [0.05, 0.1) is 0 Å². The molecule has 21 heavy (non-hydrogen) atoms. The van der Waals surface area contributed by atoms with E-state index in [1.54, 1.807) is 25.5 Å². The number of nitrogens with zero attached hydrogens (tertiary/aromatic N) is 5. The molecule has 2 aromatic heterocycles. The molecule has 0 aliphatic rings. The van der Waals surface area contributed by atoms with E-state index in [1.807, 2.05) is 30.3 Å². The van der Waals surface area contributed by atoms with Gasteiger partial charge in [0, 0.05) is 25.1 Å². The molecule has 7 heteroatoms. The number of likely N-dealkylation sites (N-methyl/N-ethyl adjacent to an activating group) is 1. The normalized spacial score (nSPS) is 10.7. The van der Waals surface area contributed by atoms with Crippen LogP contribution in [0.25, 0.3) is 5.78 Å². The fraction of sp³-hybridized carbons (Fsp3) is 0.143. The third kappa shape index (κ3) is 2.40. The van der Waals surface area contributed by atoms with Crippen LogP contribution in [0.15, 0.2) is 53.6 Å². The van der Waals surface area contributed by atoms with Crippen LogP contribution in [0.4, 0.5) is 5.69 Å². The van der Waals surface area contributed by atoms with Crippen molar-refractivity contribution in [2.24, 2.45) is 0 Å². The van der Waals surface area contributed by atoms with Gasteiger partial charge in [-0.25, -0.2) is 18.9 Å². The van der Waals surface area contributed by atoms with Gasteiger partial charge < -0.3 is 4.90 Å². The molecule has 0 saturated carbocycles. The van der Waals surface area contributed by atoms with E-state index in [9.17, 15) is 9.59 Å². The first-order chi connectivity index (χ1) is 10.2. The molecule has 3 aromatic rings. The molecule has 0 spiro atoms. The summed E-state index contributed by atoms with van der Waals surface area (Å²) < 4.78 is 2.42. The van der Waals surface area contributed by atoms with E-state index in [1.165, 1.54) is 9.30 Å². The molecule has 1 aromatic carbocycles. The fourth-order valence-corrected chi connectivity index (χ4v) is 1.99. The Labute approximate surface area is 120 Å². The number of carbonyl (C=O) groups is 1. The van der Waals surface area contributed by atoms with Crippen LogP contribution in [-0.2, 0) is 11.3 Å². The first kappa shape index (κ1) is 13.0. The molecule has 106 valence electrons. The summed E-state index contributed by atoms with van der Waals surface area (Å²) in [5, 5.41) is 4.04. The average molecular weight is 283 g/mol. The van der Waals surface area contributed by atoms with Crippen LogP contribution in [0.1, 0.15) is 0 Å². The van der Waals surface area contributed by atoms with Crippen LogP contribution < -0.4 is 10.6 Å². The molecule has 0 saturated heterocycles. The van der Waals surface area contributed by atoms with Crippen molar-refractivity contribution in [3.05, 3.63) is 59.3 Å². The maximum Gasteiger partial charge on any atom is 0.352 e. The van der Waals surface area contributed by atoms with Crippen molar-refractivity contribution in [2.45, 2.75) is 6.54 Å². The van der Waals surface area contributed by atoms with Gasteiger partial charge in [-0.15, -0.1) is 5.10 Å². The molecule has 0 aliphatic heterocycles. The highest BCUT2D eigenvalue weighted by Crippen LogP contribution is 2.11. The van der Waals surface area contributed by atoms with Crippen LogP contribution >= 0.6 is 0 Å². The molecule has 7 nitrogen and oxygen atoms in total. The molecule has 0 radical (unpaired) electrons. The van der Waals surface area contributed by atoms with E-state index in [-0.39, 0.29) is 23.9 Å². The summed E-state index contributed by atoms with van der Waals surface area (Å²) in [6.07, 6.45) is 3.11. The van der Waals surface area contributed by atoms with Gasteiger partial charge >= 0.3 is 5.69 Å². The van der Waals surface area contributed by atoms with E-state index in [0.29, 0.717) is 0 Å². The Balaban J connectivity index is 1.87. The smallest absolute Gasteiger partial charge is 0.314 e. The lowest BCUT2D eigenvalue weighted by atomic mass is 10.3. The second-order valence-electron chi connectivity index (χ2n) is 4.52. The van der Waals surface area contributed by atoms with Crippen LogP contribution in [0.3, 0.4) is 0 Å². The van der Waals surface area contributed by atoms with Crippen molar-refractivity contribution in [3.8, 4) is 0 Å². The topological polar surface area (TPSA) is 72.5 Å². The molecule has 2 heterocycles. The number of benzene rings is 1. The summed E-state index contributed by atoms with van der Waals surface area (Å²) in [7, 11) is 1.66. The summed E-state index contributed by atoms with van der Waals surface area (Å²) in [5.74, 6) is 0.0457. The number of hydrogen-bond donors (Lipinski definition) is 0. The number of anilines is 1. The SMILES string of the molecule is CN(C(=O)Cn1nc2ncccn2c1=O)c1ccccc1. The quantitative estimate of drug-likeness (QED) is 0.704. The average Bonchev–Trinajstić information content (AvgIpc) is 2.84. The molecule has 3 rings (SSSR count). The van der Waals surface area contributed by atoms with Crippen LogP contribution in [0, 0.1) is 0 Å². The third-order valence-electron chi connectivity index (χ3n) is 3.17. The van der Waals surface area contributed by atoms with E-state index < -0.39 is 0 Å². The number of fused-ring (bicyclic) bond motifs is 1. The lowest BCUT2D eigenvalue weighted by Crippen LogP contribution is -2.34. The molecule has 1 amide bonds. The Kier molecular flexibility index (Phi) is 3.23. The van der Waals surface area contributed by atoms with Gasteiger partial charge in [0.2, 0.25) is 5.91 Å².